The third kappa shape index (κ3) is 3.13. The largest absolute Gasteiger partial charge is 0.237 e. The zero-order valence-electron chi connectivity index (χ0n) is 9.92. The van der Waals surface area contributed by atoms with Crippen molar-refractivity contribution in [3.8, 4) is 11.3 Å². The van der Waals surface area contributed by atoms with Crippen molar-refractivity contribution in [3.63, 3.8) is 0 Å². The zero-order chi connectivity index (χ0) is 13.1. The maximum Gasteiger partial charge on any atom is 0.116 e. The standard InChI is InChI=1S/C15H10ClNS2/c16-13-4-2-12(3-5-13)14-10-19-15(17-14)6-1-11-7-8-18-9-11/h1-10H/b6-1+. The van der Waals surface area contributed by atoms with Crippen molar-refractivity contribution >= 4 is 46.4 Å². The van der Waals surface area contributed by atoms with Gasteiger partial charge in [0.15, 0.2) is 0 Å². The van der Waals surface area contributed by atoms with Gasteiger partial charge >= 0.3 is 0 Å². The van der Waals surface area contributed by atoms with E-state index in [2.05, 4.69) is 33.3 Å². The highest BCUT2D eigenvalue weighted by Crippen LogP contribution is 2.24. The van der Waals surface area contributed by atoms with Gasteiger partial charge in [-0.1, -0.05) is 29.8 Å². The van der Waals surface area contributed by atoms with Gasteiger partial charge in [-0.15, -0.1) is 11.3 Å². The van der Waals surface area contributed by atoms with E-state index in [1.54, 1.807) is 22.7 Å². The van der Waals surface area contributed by atoms with Gasteiger partial charge in [0.1, 0.15) is 5.01 Å². The third-order valence-electron chi connectivity index (χ3n) is 2.62. The Labute approximate surface area is 124 Å². The Kier molecular flexibility index (Phi) is 3.78. The smallest absolute Gasteiger partial charge is 0.116 e. The van der Waals surface area contributed by atoms with E-state index >= 15 is 0 Å². The van der Waals surface area contributed by atoms with Crippen molar-refractivity contribution in [1.82, 2.24) is 4.98 Å². The lowest BCUT2D eigenvalue weighted by Gasteiger charge is -1.95. The molecule has 19 heavy (non-hydrogen) atoms. The predicted molar refractivity (Wildman–Crippen MR) is 85.8 cm³/mol. The van der Waals surface area contributed by atoms with Gasteiger partial charge in [0.25, 0.3) is 0 Å². The lowest BCUT2D eigenvalue weighted by Crippen LogP contribution is -1.77. The lowest BCUT2D eigenvalue weighted by atomic mass is 10.2. The van der Waals surface area contributed by atoms with Gasteiger partial charge in [0.2, 0.25) is 0 Å². The summed E-state index contributed by atoms with van der Waals surface area (Å²) in [5, 5.41) is 8.01. The van der Waals surface area contributed by atoms with E-state index in [4.69, 9.17) is 11.6 Å². The van der Waals surface area contributed by atoms with E-state index in [0.29, 0.717) is 0 Å². The minimum absolute atomic E-state index is 0.747. The number of benzene rings is 1. The first-order valence-corrected chi connectivity index (χ1v) is 7.93. The number of hydrogen-bond donors (Lipinski definition) is 0. The molecule has 0 aliphatic carbocycles. The number of thiophene rings is 1. The van der Waals surface area contributed by atoms with Crippen LogP contribution in [0, 0.1) is 0 Å². The van der Waals surface area contributed by atoms with Crippen LogP contribution in [0.15, 0.2) is 46.5 Å². The molecule has 0 saturated heterocycles. The van der Waals surface area contributed by atoms with Gasteiger partial charge in [-0.05, 0) is 40.6 Å². The highest BCUT2D eigenvalue weighted by Gasteiger charge is 2.02. The van der Waals surface area contributed by atoms with Crippen LogP contribution in [0.25, 0.3) is 23.4 Å². The first kappa shape index (κ1) is 12.6. The fourth-order valence-corrected chi connectivity index (χ4v) is 3.13. The van der Waals surface area contributed by atoms with E-state index in [0.717, 1.165) is 21.3 Å². The molecule has 0 saturated carbocycles. The molecule has 0 amide bonds. The summed E-state index contributed by atoms with van der Waals surface area (Å²) in [6, 6.07) is 9.84. The first-order valence-electron chi connectivity index (χ1n) is 5.73. The number of aromatic nitrogens is 1. The number of rotatable bonds is 3. The second kappa shape index (κ2) is 5.70. The highest BCUT2D eigenvalue weighted by atomic mass is 35.5. The molecule has 0 unspecified atom stereocenters. The van der Waals surface area contributed by atoms with E-state index in [1.165, 1.54) is 5.56 Å². The quantitative estimate of drug-likeness (QED) is 0.605. The average molecular weight is 304 g/mol. The molecule has 3 rings (SSSR count). The minimum atomic E-state index is 0.747. The lowest BCUT2D eigenvalue weighted by molar-refractivity contribution is 1.38. The molecule has 4 heteroatoms. The molecular weight excluding hydrogens is 294 g/mol. The van der Waals surface area contributed by atoms with E-state index in [-0.39, 0.29) is 0 Å². The Morgan fingerprint density at radius 2 is 1.84 bits per heavy atom. The first-order chi connectivity index (χ1) is 9.31. The van der Waals surface area contributed by atoms with Crippen LogP contribution < -0.4 is 0 Å². The van der Waals surface area contributed by atoms with Crippen LogP contribution in [0.3, 0.4) is 0 Å². The summed E-state index contributed by atoms with van der Waals surface area (Å²) in [6.45, 7) is 0. The summed E-state index contributed by atoms with van der Waals surface area (Å²) in [5.41, 5.74) is 3.30. The van der Waals surface area contributed by atoms with Crippen LogP contribution in [0.4, 0.5) is 0 Å². The zero-order valence-corrected chi connectivity index (χ0v) is 12.3. The van der Waals surface area contributed by atoms with Crippen LogP contribution in [-0.4, -0.2) is 4.98 Å². The molecule has 0 radical (unpaired) electrons. The molecule has 0 atom stereocenters. The van der Waals surface area contributed by atoms with Gasteiger partial charge in [-0.25, -0.2) is 4.98 Å². The number of halogens is 1. The highest BCUT2D eigenvalue weighted by molar-refractivity contribution is 7.11. The van der Waals surface area contributed by atoms with Crippen molar-refractivity contribution < 1.29 is 0 Å². The summed E-state index contributed by atoms with van der Waals surface area (Å²) >= 11 is 9.22. The topological polar surface area (TPSA) is 12.9 Å². The summed E-state index contributed by atoms with van der Waals surface area (Å²) in [5.74, 6) is 0. The van der Waals surface area contributed by atoms with Crippen LogP contribution in [-0.2, 0) is 0 Å². The average Bonchev–Trinajstić information content (AvgIpc) is 3.09. The van der Waals surface area contributed by atoms with Crippen LogP contribution >= 0.6 is 34.3 Å². The monoisotopic (exact) mass is 303 g/mol. The molecule has 0 bridgehead atoms. The molecule has 3 aromatic rings. The Balaban J connectivity index is 1.81. The molecular formula is C15H10ClNS2. The molecule has 2 heterocycles. The molecule has 1 aromatic carbocycles. The van der Waals surface area contributed by atoms with E-state index in [1.807, 2.05) is 30.3 Å². The van der Waals surface area contributed by atoms with E-state index < -0.39 is 0 Å². The second-order valence-corrected chi connectivity index (χ2v) is 6.07. The van der Waals surface area contributed by atoms with Crippen molar-refractivity contribution in [2.24, 2.45) is 0 Å². The summed E-state index contributed by atoms with van der Waals surface area (Å²) in [7, 11) is 0. The van der Waals surface area contributed by atoms with Crippen LogP contribution in [0.1, 0.15) is 10.6 Å². The van der Waals surface area contributed by atoms with Crippen molar-refractivity contribution in [3.05, 3.63) is 62.1 Å². The Hall–Kier alpha value is -1.42. The number of hydrogen-bond acceptors (Lipinski definition) is 3. The summed E-state index contributed by atoms with van der Waals surface area (Å²) < 4.78 is 0. The maximum atomic E-state index is 5.88. The minimum Gasteiger partial charge on any atom is -0.237 e. The van der Waals surface area contributed by atoms with Gasteiger partial charge in [0.05, 0.1) is 5.69 Å². The summed E-state index contributed by atoms with van der Waals surface area (Å²) in [6.07, 6.45) is 4.13. The molecule has 0 N–H and O–H groups in total. The molecule has 94 valence electrons. The Morgan fingerprint density at radius 3 is 2.58 bits per heavy atom. The van der Waals surface area contributed by atoms with E-state index in [9.17, 15) is 0 Å². The number of nitrogens with zero attached hydrogens (tertiary/aromatic N) is 1. The number of thiazole rings is 1. The fraction of sp³-hybridized carbons (Fsp3) is 0. The molecule has 2 aromatic heterocycles. The second-order valence-electron chi connectivity index (χ2n) is 3.97. The van der Waals surface area contributed by atoms with Crippen LogP contribution in [0.2, 0.25) is 5.02 Å². The van der Waals surface area contributed by atoms with Gasteiger partial charge < -0.3 is 0 Å². The molecule has 0 spiro atoms. The van der Waals surface area contributed by atoms with Crippen molar-refractivity contribution in [2.75, 3.05) is 0 Å². The Bertz CT molecular complexity index is 681. The fourth-order valence-electron chi connectivity index (χ4n) is 1.65. The van der Waals surface area contributed by atoms with Gasteiger partial charge in [0, 0.05) is 16.0 Å². The Morgan fingerprint density at radius 1 is 1.00 bits per heavy atom. The molecule has 0 aliphatic rings. The normalized spacial score (nSPS) is 11.2. The molecule has 0 fully saturated rings. The predicted octanol–water partition coefficient (Wildman–Crippen LogP) is 5.70. The van der Waals surface area contributed by atoms with Crippen LogP contribution in [0.5, 0.6) is 0 Å². The van der Waals surface area contributed by atoms with Gasteiger partial charge in [-0.2, -0.15) is 11.3 Å². The van der Waals surface area contributed by atoms with Gasteiger partial charge in [-0.3, -0.25) is 0 Å². The van der Waals surface area contributed by atoms with Crippen molar-refractivity contribution in [2.45, 2.75) is 0 Å². The summed E-state index contributed by atoms with van der Waals surface area (Å²) in [4.78, 5) is 4.60. The molecule has 0 aliphatic heterocycles. The third-order valence-corrected chi connectivity index (χ3v) is 4.39. The SMILES string of the molecule is Clc1ccc(-c2csc(/C=C/c3ccsc3)n2)cc1. The van der Waals surface area contributed by atoms with Crippen molar-refractivity contribution in [1.29, 1.82) is 0 Å². The maximum absolute atomic E-state index is 5.88. The molecule has 1 nitrogen and oxygen atoms in total.